The lowest BCUT2D eigenvalue weighted by Crippen LogP contribution is -2.09. The van der Waals surface area contributed by atoms with Crippen molar-refractivity contribution in [2.45, 2.75) is 16.6 Å². The van der Waals surface area contributed by atoms with Crippen molar-refractivity contribution in [2.75, 3.05) is 0 Å². The fourth-order valence-electron chi connectivity index (χ4n) is 1.09. The van der Waals surface area contributed by atoms with Crippen LogP contribution in [-0.4, -0.2) is 10.4 Å². The van der Waals surface area contributed by atoms with Gasteiger partial charge >= 0.3 is 11.7 Å². The van der Waals surface area contributed by atoms with Gasteiger partial charge in [0.1, 0.15) is 0 Å². The van der Waals surface area contributed by atoms with Crippen LogP contribution in [0.1, 0.15) is 5.56 Å². The minimum Gasteiger partial charge on any atom is -0.258 e. The van der Waals surface area contributed by atoms with Gasteiger partial charge < -0.3 is 0 Å². The van der Waals surface area contributed by atoms with E-state index in [1.807, 2.05) is 0 Å². The van der Waals surface area contributed by atoms with Crippen molar-refractivity contribution >= 4 is 29.1 Å². The smallest absolute Gasteiger partial charge is 0.258 e. The second-order valence-corrected chi connectivity index (χ2v) is 4.59. The van der Waals surface area contributed by atoms with Crippen LogP contribution in [0.3, 0.4) is 0 Å². The molecule has 0 heterocycles. The summed E-state index contributed by atoms with van der Waals surface area (Å²) in [4.78, 5) is 8.11. The number of nitro benzene ring substituents is 1. The van der Waals surface area contributed by atoms with Crippen LogP contribution in [0.25, 0.3) is 0 Å². The average molecular weight is 326 g/mol. The van der Waals surface area contributed by atoms with Crippen molar-refractivity contribution < 1.29 is 31.3 Å². The number of halogens is 7. The van der Waals surface area contributed by atoms with E-state index in [2.05, 4.69) is 0 Å². The van der Waals surface area contributed by atoms with Crippen molar-refractivity contribution in [1.29, 1.82) is 0 Å². The number of hydrogen-bond donors (Lipinski definition) is 0. The summed E-state index contributed by atoms with van der Waals surface area (Å²) in [5.41, 5.74) is -7.72. The summed E-state index contributed by atoms with van der Waals surface area (Å²) < 4.78 is 73.9. The molecule has 3 nitrogen and oxygen atoms in total. The highest BCUT2D eigenvalue weighted by molar-refractivity contribution is 8.00. The summed E-state index contributed by atoms with van der Waals surface area (Å²) in [5, 5.41) is 9.19. The van der Waals surface area contributed by atoms with E-state index < -0.39 is 49.5 Å². The van der Waals surface area contributed by atoms with E-state index in [4.69, 9.17) is 11.6 Å². The van der Waals surface area contributed by atoms with E-state index >= 15 is 0 Å². The Hall–Kier alpha value is -1.16. The van der Waals surface area contributed by atoms with E-state index in [0.717, 1.165) is 0 Å². The SMILES string of the molecule is O=[N+]([O-])c1cc(SC(F)(F)F)c(Cl)c(C(F)(F)F)c1. The maximum absolute atomic E-state index is 12.5. The Morgan fingerprint density at radius 2 is 1.68 bits per heavy atom. The Bertz CT molecular complexity index is 515. The highest BCUT2D eigenvalue weighted by atomic mass is 35.5. The number of rotatable bonds is 2. The van der Waals surface area contributed by atoms with Crippen molar-refractivity contribution in [3.63, 3.8) is 0 Å². The molecule has 0 saturated heterocycles. The Morgan fingerprint density at radius 1 is 1.16 bits per heavy atom. The van der Waals surface area contributed by atoms with E-state index in [1.165, 1.54) is 0 Å². The number of benzene rings is 1. The van der Waals surface area contributed by atoms with Gasteiger partial charge in [0, 0.05) is 17.0 Å². The Labute approximate surface area is 110 Å². The number of alkyl halides is 6. The van der Waals surface area contributed by atoms with Gasteiger partial charge in [-0.05, 0) is 11.8 Å². The third kappa shape index (κ3) is 4.16. The first-order valence-corrected chi connectivity index (χ1v) is 5.42. The summed E-state index contributed by atoms with van der Waals surface area (Å²) in [6.45, 7) is 0. The summed E-state index contributed by atoms with van der Waals surface area (Å²) in [7, 11) is 0. The zero-order valence-electron chi connectivity index (χ0n) is 8.47. The van der Waals surface area contributed by atoms with Crippen LogP contribution >= 0.6 is 23.4 Å². The normalized spacial score (nSPS) is 12.6. The van der Waals surface area contributed by atoms with Gasteiger partial charge in [-0.2, -0.15) is 26.3 Å². The van der Waals surface area contributed by atoms with Crippen LogP contribution in [0, 0.1) is 10.1 Å². The predicted octanol–water partition coefficient (Wildman–Crippen LogP) is 4.88. The summed E-state index contributed by atoms with van der Waals surface area (Å²) in [6, 6.07) is 0.429. The van der Waals surface area contributed by atoms with Gasteiger partial charge in [-0.1, -0.05) is 11.6 Å². The zero-order valence-corrected chi connectivity index (χ0v) is 10.0. The molecule has 0 radical (unpaired) electrons. The Morgan fingerprint density at radius 3 is 2.05 bits per heavy atom. The van der Waals surface area contributed by atoms with E-state index in [1.54, 1.807) is 0 Å². The van der Waals surface area contributed by atoms with Gasteiger partial charge in [0.2, 0.25) is 0 Å². The first kappa shape index (κ1) is 15.9. The van der Waals surface area contributed by atoms with Gasteiger partial charge in [0.05, 0.1) is 15.5 Å². The van der Waals surface area contributed by atoms with Crippen molar-refractivity contribution in [2.24, 2.45) is 0 Å². The fraction of sp³-hybridized carbons (Fsp3) is 0.250. The molecule has 0 bridgehead atoms. The molecular weight excluding hydrogens is 324 g/mol. The number of non-ortho nitro benzene ring substituents is 1. The van der Waals surface area contributed by atoms with Gasteiger partial charge in [0.25, 0.3) is 5.69 Å². The first-order valence-electron chi connectivity index (χ1n) is 4.22. The molecule has 0 unspecified atom stereocenters. The Kier molecular flexibility index (Phi) is 4.25. The van der Waals surface area contributed by atoms with Crippen LogP contribution in [0.15, 0.2) is 17.0 Å². The molecule has 1 aromatic rings. The summed E-state index contributed by atoms with van der Waals surface area (Å²) in [5.74, 6) is 0. The molecule has 0 aromatic heterocycles. The van der Waals surface area contributed by atoms with Gasteiger partial charge in [0.15, 0.2) is 0 Å². The fourth-order valence-corrected chi connectivity index (χ4v) is 2.05. The lowest BCUT2D eigenvalue weighted by molar-refractivity contribution is -0.385. The topological polar surface area (TPSA) is 43.1 Å². The molecule has 1 rings (SSSR count). The number of nitrogens with zero attached hydrogens (tertiary/aromatic N) is 1. The van der Waals surface area contributed by atoms with E-state index in [0.29, 0.717) is 6.07 Å². The van der Waals surface area contributed by atoms with Gasteiger partial charge in [-0.3, -0.25) is 10.1 Å². The third-order valence-electron chi connectivity index (χ3n) is 1.77. The predicted molar refractivity (Wildman–Crippen MR) is 55.0 cm³/mol. The second-order valence-electron chi connectivity index (χ2n) is 3.11. The van der Waals surface area contributed by atoms with Crippen molar-refractivity contribution in [1.82, 2.24) is 0 Å². The monoisotopic (exact) mass is 325 g/mol. The number of thioether (sulfide) groups is 1. The molecule has 0 spiro atoms. The molecule has 0 aliphatic rings. The van der Waals surface area contributed by atoms with Crippen molar-refractivity contribution in [3.05, 3.63) is 32.8 Å². The van der Waals surface area contributed by atoms with Gasteiger partial charge in [-0.25, -0.2) is 0 Å². The second kappa shape index (κ2) is 5.08. The van der Waals surface area contributed by atoms with Crippen molar-refractivity contribution in [3.8, 4) is 0 Å². The molecule has 0 aliphatic heterocycles. The van der Waals surface area contributed by atoms with Gasteiger partial charge in [-0.15, -0.1) is 0 Å². The molecule has 1 aromatic carbocycles. The largest absolute Gasteiger partial charge is 0.446 e. The molecule has 0 aliphatic carbocycles. The van der Waals surface area contributed by atoms with Crippen LogP contribution in [0.5, 0.6) is 0 Å². The zero-order chi connectivity index (χ0) is 15.0. The summed E-state index contributed by atoms with van der Waals surface area (Å²) in [6.07, 6.45) is -5.09. The molecule has 0 N–H and O–H groups in total. The molecule has 0 atom stereocenters. The molecule has 11 heteroatoms. The average Bonchev–Trinajstić information content (AvgIpc) is 2.16. The molecule has 19 heavy (non-hydrogen) atoms. The highest BCUT2D eigenvalue weighted by Gasteiger charge is 2.39. The maximum atomic E-state index is 12.5. The summed E-state index contributed by atoms with van der Waals surface area (Å²) >= 11 is 4.27. The minimum atomic E-state index is -5.09. The third-order valence-corrected chi connectivity index (χ3v) is 3.06. The van der Waals surface area contributed by atoms with E-state index in [-0.39, 0.29) is 6.07 Å². The lowest BCUT2D eigenvalue weighted by atomic mass is 10.2. The first-order chi connectivity index (χ1) is 8.42. The highest BCUT2D eigenvalue weighted by Crippen LogP contribution is 2.46. The maximum Gasteiger partial charge on any atom is 0.446 e. The quantitative estimate of drug-likeness (QED) is 0.337. The van der Waals surface area contributed by atoms with E-state index in [9.17, 15) is 36.5 Å². The molecule has 0 amide bonds. The molecule has 0 saturated carbocycles. The van der Waals surface area contributed by atoms with Crippen LogP contribution < -0.4 is 0 Å². The van der Waals surface area contributed by atoms with Crippen LogP contribution in [0.4, 0.5) is 32.0 Å². The Balaban J connectivity index is 3.46. The number of hydrogen-bond acceptors (Lipinski definition) is 3. The minimum absolute atomic E-state index is 0.0861. The molecule has 0 fully saturated rings. The molecular formula is C8H2ClF6NO2S. The molecule has 106 valence electrons. The number of nitro groups is 1. The van der Waals surface area contributed by atoms with Crippen LogP contribution in [-0.2, 0) is 6.18 Å². The van der Waals surface area contributed by atoms with Crippen LogP contribution in [0.2, 0.25) is 5.02 Å². The standard InChI is InChI=1S/C8H2ClF6NO2S/c9-6-4(7(10,11)12)1-3(16(17)18)2-5(6)19-8(13,14)15/h1-2H. The lowest BCUT2D eigenvalue weighted by Gasteiger charge is -2.13.